The summed E-state index contributed by atoms with van der Waals surface area (Å²) in [4.78, 5) is 24.5. The minimum Gasteiger partial charge on any atom is -0.497 e. The van der Waals surface area contributed by atoms with E-state index in [1.807, 2.05) is 24.3 Å². The van der Waals surface area contributed by atoms with Gasteiger partial charge < -0.3 is 4.74 Å². The van der Waals surface area contributed by atoms with Crippen LogP contribution in [0.5, 0.6) is 5.75 Å². The minimum absolute atomic E-state index is 0.152. The fourth-order valence-corrected chi connectivity index (χ4v) is 3.26. The second-order valence-corrected chi connectivity index (χ2v) is 6.55. The highest BCUT2D eigenvalue weighted by Crippen LogP contribution is 2.22. The average molecular weight is 357 g/mol. The van der Waals surface area contributed by atoms with Gasteiger partial charge in [0.2, 0.25) is 4.74 Å². The first-order valence-corrected chi connectivity index (χ1v) is 8.36. The standard InChI is InChI=1S/C19H13ClO3S/c1-23-15-6-2-12(3-7-15)4-8-17(21)16-11-13-10-14(20)5-9-18(13)24-19(16)22/h2-11H,1H3/b8-4+. The van der Waals surface area contributed by atoms with Gasteiger partial charge in [-0.2, -0.15) is 0 Å². The van der Waals surface area contributed by atoms with E-state index in [0.29, 0.717) is 5.02 Å². The number of rotatable bonds is 4. The molecule has 2 aromatic carbocycles. The van der Waals surface area contributed by atoms with Gasteiger partial charge >= 0.3 is 0 Å². The molecule has 0 aliphatic carbocycles. The van der Waals surface area contributed by atoms with Crippen molar-refractivity contribution in [3.05, 3.63) is 80.3 Å². The first-order valence-electron chi connectivity index (χ1n) is 7.17. The number of carbonyl (C=O) groups is 1. The van der Waals surface area contributed by atoms with Crippen molar-refractivity contribution in [2.24, 2.45) is 0 Å². The van der Waals surface area contributed by atoms with E-state index in [2.05, 4.69) is 0 Å². The quantitative estimate of drug-likeness (QED) is 0.497. The van der Waals surface area contributed by atoms with Crippen molar-refractivity contribution in [1.29, 1.82) is 0 Å². The second kappa shape index (κ2) is 6.99. The Morgan fingerprint density at radius 3 is 2.58 bits per heavy atom. The molecule has 1 heterocycles. The van der Waals surface area contributed by atoms with Crippen molar-refractivity contribution in [2.45, 2.75) is 0 Å². The van der Waals surface area contributed by atoms with Crippen LogP contribution in [-0.2, 0) is 0 Å². The molecular weight excluding hydrogens is 344 g/mol. The highest BCUT2D eigenvalue weighted by molar-refractivity contribution is 7.16. The fourth-order valence-electron chi connectivity index (χ4n) is 2.24. The van der Waals surface area contributed by atoms with Crippen LogP contribution in [0.2, 0.25) is 5.02 Å². The molecule has 3 nitrogen and oxygen atoms in total. The number of ether oxygens (including phenoxy) is 1. The summed E-state index contributed by atoms with van der Waals surface area (Å²) in [5, 5.41) is 1.36. The lowest BCUT2D eigenvalue weighted by Crippen LogP contribution is -2.09. The molecular formula is C19H13ClO3S. The van der Waals surface area contributed by atoms with Crippen LogP contribution >= 0.6 is 22.9 Å². The molecule has 0 fully saturated rings. The topological polar surface area (TPSA) is 43.4 Å². The van der Waals surface area contributed by atoms with Crippen LogP contribution in [0.15, 0.2) is 59.4 Å². The van der Waals surface area contributed by atoms with Crippen molar-refractivity contribution >= 4 is 44.9 Å². The molecule has 0 N–H and O–H groups in total. The Bertz CT molecular complexity index is 988. The van der Waals surface area contributed by atoms with Gasteiger partial charge in [-0.1, -0.05) is 41.1 Å². The molecule has 0 unspecified atom stereocenters. The van der Waals surface area contributed by atoms with Gasteiger partial charge in [-0.25, -0.2) is 0 Å². The molecule has 5 heteroatoms. The number of hydrogen-bond donors (Lipinski definition) is 0. The molecule has 120 valence electrons. The van der Waals surface area contributed by atoms with Gasteiger partial charge in [0.15, 0.2) is 5.78 Å². The number of ketones is 1. The van der Waals surface area contributed by atoms with E-state index in [0.717, 1.165) is 32.7 Å². The molecule has 0 aliphatic rings. The molecule has 0 saturated carbocycles. The van der Waals surface area contributed by atoms with Crippen molar-refractivity contribution in [1.82, 2.24) is 0 Å². The number of methoxy groups -OCH3 is 1. The third kappa shape index (κ3) is 3.55. The zero-order valence-electron chi connectivity index (χ0n) is 12.8. The summed E-state index contributed by atoms with van der Waals surface area (Å²) in [6.07, 6.45) is 3.08. The maximum absolute atomic E-state index is 12.4. The van der Waals surface area contributed by atoms with Gasteiger partial charge in [-0.05, 0) is 53.4 Å². The normalized spacial score (nSPS) is 11.1. The molecule has 0 aliphatic heterocycles. The fraction of sp³-hybridized carbons (Fsp3) is 0.0526. The Labute approximate surface area is 147 Å². The molecule has 24 heavy (non-hydrogen) atoms. The molecule has 3 aromatic rings. The van der Waals surface area contributed by atoms with E-state index < -0.39 is 0 Å². The number of halogens is 1. The zero-order chi connectivity index (χ0) is 17.1. The Morgan fingerprint density at radius 1 is 1.12 bits per heavy atom. The molecule has 0 bridgehead atoms. The summed E-state index contributed by atoms with van der Waals surface area (Å²) in [6.45, 7) is 0. The molecule has 0 spiro atoms. The molecule has 0 amide bonds. The van der Waals surface area contributed by atoms with Crippen LogP contribution in [0.4, 0.5) is 0 Å². The monoisotopic (exact) mass is 356 g/mol. The Kier molecular flexibility index (Phi) is 4.79. The second-order valence-electron chi connectivity index (χ2n) is 5.10. The van der Waals surface area contributed by atoms with Gasteiger partial charge in [0, 0.05) is 9.72 Å². The summed E-state index contributed by atoms with van der Waals surface area (Å²) < 4.78 is 5.64. The number of hydrogen-bond acceptors (Lipinski definition) is 4. The smallest absolute Gasteiger partial charge is 0.244 e. The third-order valence-electron chi connectivity index (χ3n) is 3.50. The largest absolute Gasteiger partial charge is 0.497 e. The van der Waals surface area contributed by atoms with Gasteiger partial charge in [-0.15, -0.1) is 0 Å². The lowest BCUT2D eigenvalue weighted by molar-refractivity contribution is 0.104. The third-order valence-corrected chi connectivity index (χ3v) is 4.73. The van der Waals surface area contributed by atoms with Crippen LogP contribution in [-0.4, -0.2) is 12.9 Å². The van der Waals surface area contributed by atoms with Crippen LogP contribution in [0.25, 0.3) is 16.2 Å². The van der Waals surface area contributed by atoms with E-state index in [9.17, 15) is 9.59 Å². The summed E-state index contributed by atoms with van der Waals surface area (Å²) in [5.41, 5.74) is 1.00. The molecule has 0 radical (unpaired) electrons. The summed E-state index contributed by atoms with van der Waals surface area (Å²) in [5.74, 6) is 0.419. The van der Waals surface area contributed by atoms with Gasteiger partial charge in [0.1, 0.15) is 5.75 Å². The number of carbonyl (C=O) groups excluding carboxylic acids is 1. The lowest BCUT2D eigenvalue weighted by atomic mass is 10.1. The van der Waals surface area contributed by atoms with Crippen LogP contribution in [0, 0.1) is 0 Å². The van der Waals surface area contributed by atoms with Crippen LogP contribution in [0.3, 0.4) is 0 Å². The molecule has 0 atom stereocenters. The highest BCUT2D eigenvalue weighted by Gasteiger charge is 2.10. The van der Waals surface area contributed by atoms with Crippen LogP contribution in [0.1, 0.15) is 15.9 Å². The van der Waals surface area contributed by atoms with Gasteiger partial charge in [0.25, 0.3) is 0 Å². The predicted octanol–water partition coefficient (Wildman–Crippen LogP) is 4.82. The van der Waals surface area contributed by atoms with E-state index in [4.69, 9.17) is 16.3 Å². The first-order chi connectivity index (χ1) is 11.6. The van der Waals surface area contributed by atoms with Crippen molar-refractivity contribution in [3.63, 3.8) is 0 Å². The molecule has 3 rings (SSSR count). The summed E-state index contributed by atoms with van der Waals surface area (Å²) in [6, 6.07) is 14.1. The first kappa shape index (κ1) is 16.4. The van der Waals surface area contributed by atoms with E-state index in [1.54, 1.807) is 37.5 Å². The maximum atomic E-state index is 12.4. The van der Waals surface area contributed by atoms with E-state index in [1.165, 1.54) is 6.08 Å². The van der Waals surface area contributed by atoms with Crippen molar-refractivity contribution in [2.75, 3.05) is 7.11 Å². The van der Waals surface area contributed by atoms with Crippen molar-refractivity contribution < 1.29 is 9.53 Å². The van der Waals surface area contributed by atoms with E-state index in [-0.39, 0.29) is 16.1 Å². The van der Waals surface area contributed by atoms with Gasteiger partial charge in [-0.3, -0.25) is 9.59 Å². The summed E-state index contributed by atoms with van der Waals surface area (Å²) in [7, 11) is 1.59. The van der Waals surface area contributed by atoms with Crippen molar-refractivity contribution in [3.8, 4) is 5.75 Å². The zero-order valence-corrected chi connectivity index (χ0v) is 14.4. The number of benzene rings is 2. The average Bonchev–Trinajstić information content (AvgIpc) is 2.60. The Hall–Kier alpha value is -2.43. The van der Waals surface area contributed by atoms with Gasteiger partial charge in [0.05, 0.1) is 12.7 Å². The molecule has 1 aromatic heterocycles. The SMILES string of the molecule is COc1ccc(/C=C/C(=O)c2cc3cc(Cl)ccc3sc2=O)cc1. The lowest BCUT2D eigenvalue weighted by Gasteiger charge is -2.01. The maximum Gasteiger partial charge on any atom is 0.244 e. The predicted molar refractivity (Wildman–Crippen MR) is 99.5 cm³/mol. The molecule has 0 saturated heterocycles. The number of allylic oxidation sites excluding steroid dienone is 1. The summed E-state index contributed by atoms with van der Waals surface area (Å²) >= 11 is 7.02. The van der Waals surface area contributed by atoms with Crippen LogP contribution < -0.4 is 9.48 Å². The Balaban J connectivity index is 1.91. The Morgan fingerprint density at radius 2 is 1.88 bits per heavy atom. The minimum atomic E-state index is -0.325. The number of fused-ring (bicyclic) bond motifs is 1. The highest BCUT2D eigenvalue weighted by atomic mass is 35.5. The van der Waals surface area contributed by atoms with E-state index >= 15 is 0 Å².